The quantitative estimate of drug-likeness (QED) is 0.653. The average Bonchev–Trinajstić information content (AvgIpc) is 2.01. The number of hydrogen-bond donors (Lipinski definition) is 1. The van der Waals surface area contributed by atoms with Gasteiger partial charge in [0.05, 0.1) is 12.2 Å². The summed E-state index contributed by atoms with van der Waals surface area (Å²) in [6, 6.07) is -0.858. The van der Waals surface area contributed by atoms with Gasteiger partial charge in [0.15, 0.2) is 6.04 Å². The van der Waals surface area contributed by atoms with Crippen molar-refractivity contribution in [1.82, 2.24) is 4.90 Å². The third kappa shape index (κ3) is 2.04. The number of carboxylic acid groups (broad SMARTS) is 1. The molecule has 80 valence electrons. The topological polar surface area (TPSA) is 66.8 Å². The van der Waals surface area contributed by atoms with E-state index in [2.05, 4.69) is 0 Å². The molecular formula is C9H15NO4. The molecule has 0 aromatic carbocycles. The van der Waals surface area contributed by atoms with Gasteiger partial charge in [-0.1, -0.05) is 0 Å². The van der Waals surface area contributed by atoms with Crippen LogP contribution in [0.4, 0.5) is 0 Å². The first kappa shape index (κ1) is 11.0. The van der Waals surface area contributed by atoms with E-state index in [4.69, 9.17) is 9.84 Å². The van der Waals surface area contributed by atoms with Crippen LogP contribution in [0, 0.1) is 0 Å². The van der Waals surface area contributed by atoms with E-state index in [-0.39, 0.29) is 12.0 Å². The smallest absolute Gasteiger partial charge is 0.329 e. The lowest BCUT2D eigenvalue weighted by atomic mass is 10.1. The van der Waals surface area contributed by atoms with Gasteiger partial charge < -0.3 is 14.7 Å². The monoisotopic (exact) mass is 201 g/mol. The van der Waals surface area contributed by atoms with Crippen LogP contribution in [0.25, 0.3) is 0 Å². The molecule has 1 aliphatic rings. The van der Waals surface area contributed by atoms with E-state index in [0.717, 1.165) is 0 Å². The molecule has 1 heterocycles. The number of carbonyl (C=O) groups is 2. The van der Waals surface area contributed by atoms with Crippen LogP contribution in [0.15, 0.2) is 0 Å². The maximum Gasteiger partial charge on any atom is 0.329 e. The van der Waals surface area contributed by atoms with E-state index < -0.39 is 18.1 Å². The van der Waals surface area contributed by atoms with Crippen molar-refractivity contribution in [2.45, 2.75) is 39.0 Å². The summed E-state index contributed by atoms with van der Waals surface area (Å²) < 4.78 is 5.37. The highest BCUT2D eigenvalue weighted by Gasteiger charge is 2.39. The van der Waals surface area contributed by atoms with Crippen molar-refractivity contribution in [3.63, 3.8) is 0 Å². The Morgan fingerprint density at radius 2 is 2.00 bits per heavy atom. The first-order valence-electron chi connectivity index (χ1n) is 4.59. The van der Waals surface area contributed by atoms with E-state index in [9.17, 15) is 9.59 Å². The largest absolute Gasteiger partial charge is 0.480 e. The standard InChI is InChI=1S/C9H15NO4/c1-5-4-10(7(3)11)8(9(12)13)6(2)14-5/h5-6,8H,4H2,1-3H3,(H,12,13). The molecule has 0 aromatic heterocycles. The molecule has 0 bridgehead atoms. The summed E-state index contributed by atoms with van der Waals surface area (Å²) in [6.45, 7) is 5.21. The van der Waals surface area contributed by atoms with Gasteiger partial charge in [-0.2, -0.15) is 0 Å². The Balaban J connectivity index is 2.86. The van der Waals surface area contributed by atoms with E-state index in [1.165, 1.54) is 11.8 Å². The molecular weight excluding hydrogens is 186 g/mol. The zero-order valence-electron chi connectivity index (χ0n) is 8.56. The summed E-state index contributed by atoms with van der Waals surface area (Å²) in [5.41, 5.74) is 0. The van der Waals surface area contributed by atoms with Crippen molar-refractivity contribution in [3.8, 4) is 0 Å². The third-order valence-corrected chi connectivity index (χ3v) is 2.34. The number of amides is 1. The first-order valence-corrected chi connectivity index (χ1v) is 4.59. The van der Waals surface area contributed by atoms with Crippen LogP contribution in [-0.4, -0.2) is 46.7 Å². The van der Waals surface area contributed by atoms with Gasteiger partial charge in [0.25, 0.3) is 0 Å². The Bertz CT molecular complexity index is 253. The second kappa shape index (κ2) is 3.96. The molecule has 1 aliphatic heterocycles. The second-order valence-electron chi connectivity index (χ2n) is 3.61. The van der Waals surface area contributed by atoms with Gasteiger partial charge in [0.1, 0.15) is 0 Å². The fourth-order valence-electron chi connectivity index (χ4n) is 1.79. The van der Waals surface area contributed by atoms with E-state index in [1.807, 2.05) is 6.92 Å². The molecule has 14 heavy (non-hydrogen) atoms. The highest BCUT2D eigenvalue weighted by Crippen LogP contribution is 2.18. The van der Waals surface area contributed by atoms with Crippen LogP contribution in [-0.2, 0) is 14.3 Å². The minimum Gasteiger partial charge on any atom is -0.480 e. The van der Waals surface area contributed by atoms with E-state index >= 15 is 0 Å². The molecule has 1 amide bonds. The summed E-state index contributed by atoms with van der Waals surface area (Å²) in [6.07, 6.45) is -0.565. The number of ether oxygens (including phenoxy) is 1. The van der Waals surface area contributed by atoms with Crippen LogP contribution < -0.4 is 0 Å². The number of rotatable bonds is 1. The van der Waals surface area contributed by atoms with E-state index in [1.54, 1.807) is 6.92 Å². The van der Waals surface area contributed by atoms with Gasteiger partial charge in [-0.15, -0.1) is 0 Å². The predicted molar refractivity (Wildman–Crippen MR) is 48.8 cm³/mol. The number of carbonyl (C=O) groups excluding carboxylic acids is 1. The fraction of sp³-hybridized carbons (Fsp3) is 0.778. The van der Waals surface area contributed by atoms with Crippen molar-refractivity contribution >= 4 is 11.9 Å². The second-order valence-corrected chi connectivity index (χ2v) is 3.61. The molecule has 5 heteroatoms. The number of aliphatic carboxylic acids is 1. The zero-order chi connectivity index (χ0) is 10.9. The molecule has 1 fully saturated rings. The van der Waals surface area contributed by atoms with Gasteiger partial charge in [-0.05, 0) is 13.8 Å². The summed E-state index contributed by atoms with van der Waals surface area (Å²) >= 11 is 0. The first-order chi connectivity index (χ1) is 6.43. The maximum atomic E-state index is 11.2. The number of morpholine rings is 1. The van der Waals surface area contributed by atoms with Crippen molar-refractivity contribution in [2.75, 3.05) is 6.54 Å². The molecule has 0 radical (unpaired) electrons. The minimum atomic E-state index is -1.01. The molecule has 1 saturated heterocycles. The number of carboxylic acids is 1. The highest BCUT2D eigenvalue weighted by atomic mass is 16.5. The fourth-order valence-corrected chi connectivity index (χ4v) is 1.79. The molecule has 0 aliphatic carbocycles. The normalized spacial score (nSPS) is 32.8. The minimum absolute atomic E-state index is 0.107. The lowest BCUT2D eigenvalue weighted by Crippen LogP contribution is -2.58. The summed E-state index contributed by atoms with van der Waals surface area (Å²) in [5, 5.41) is 8.94. The molecule has 1 rings (SSSR count). The highest BCUT2D eigenvalue weighted by molar-refractivity contribution is 5.83. The van der Waals surface area contributed by atoms with Crippen LogP contribution in [0.1, 0.15) is 20.8 Å². The predicted octanol–water partition coefficient (Wildman–Crippen LogP) is 0.0953. The SMILES string of the molecule is CC(=O)N1CC(C)OC(C)C1C(=O)O. The van der Waals surface area contributed by atoms with Crippen LogP contribution in [0.3, 0.4) is 0 Å². The van der Waals surface area contributed by atoms with Gasteiger partial charge in [-0.25, -0.2) is 4.79 Å². The van der Waals surface area contributed by atoms with Crippen molar-refractivity contribution in [3.05, 3.63) is 0 Å². The van der Waals surface area contributed by atoms with Gasteiger partial charge in [0, 0.05) is 13.5 Å². The molecule has 0 aromatic rings. The molecule has 0 spiro atoms. The number of hydrogen-bond acceptors (Lipinski definition) is 3. The molecule has 0 saturated carbocycles. The molecule has 3 unspecified atom stereocenters. The van der Waals surface area contributed by atoms with E-state index in [0.29, 0.717) is 6.54 Å². The van der Waals surface area contributed by atoms with Gasteiger partial charge >= 0.3 is 5.97 Å². The van der Waals surface area contributed by atoms with Gasteiger partial charge in [0.2, 0.25) is 5.91 Å². The Labute approximate surface area is 82.6 Å². The van der Waals surface area contributed by atoms with Crippen LogP contribution in [0.2, 0.25) is 0 Å². The van der Waals surface area contributed by atoms with Crippen LogP contribution >= 0.6 is 0 Å². The van der Waals surface area contributed by atoms with Crippen LogP contribution in [0.5, 0.6) is 0 Å². The summed E-state index contributed by atoms with van der Waals surface area (Å²) in [7, 11) is 0. The Hall–Kier alpha value is -1.10. The summed E-state index contributed by atoms with van der Waals surface area (Å²) in [4.78, 5) is 23.5. The zero-order valence-corrected chi connectivity index (χ0v) is 8.56. The Morgan fingerprint density at radius 3 is 2.43 bits per heavy atom. The lowest BCUT2D eigenvalue weighted by Gasteiger charge is -2.39. The number of nitrogens with zero attached hydrogens (tertiary/aromatic N) is 1. The van der Waals surface area contributed by atoms with Crippen molar-refractivity contribution < 1.29 is 19.4 Å². The van der Waals surface area contributed by atoms with Crippen molar-refractivity contribution in [1.29, 1.82) is 0 Å². The lowest BCUT2D eigenvalue weighted by molar-refractivity contribution is -0.170. The van der Waals surface area contributed by atoms with Crippen molar-refractivity contribution in [2.24, 2.45) is 0 Å². The molecule has 3 atom stereocenters. The average molecular weight is 201 g/mol. The Kier molecular flexibility index (Phi) is 3.10. The Morgan fingerprint density at radius 1 is 1.43 bits per heavy atom. The third-order valence-electron chi connectivity index (χ3n) is 2.34. The molecule has 1 N–H and O–H groups in total. The van der Waals surface area contributed by atoms with Gasteiger partial charge in [-0.3, -0.25) is 4.79 Å². The molecule has 5 nitrogen and oxygen atoms in total. The summed E-state index contributed by atoms with van der Waals surface area (Å²) in [5.74, 6) is -1.24. The maximum absolute atomic E-state index is 11.2.